The number of nitrogens with zero attached hydrogens (tertiary/aromatic N) is 1. The van der Waals surface area contributed by atoms with E-state index in [9.17, 15) is 4.79 Å². The van der Waals surface area contributed by atoms with Crippen LogP contribution in [-0.2, 0) is 16.5 Å². The molecule has 8 heteroatoms. The third kappa shape index (κ3) is 5.77. The predicted octanol–water partition coefficient (Wildman–Crippen LogP) is 5.19. The van der Waals surface area contributed by atoms with Gasteiger partial charge in [-0.3, -0.25) is 0 Å². The van der Waals surface area contributed by atoms with E-state index in [2.05, 4.69) is 0 Å². The predicted molar refractivity (Wildman–Crippen MR) is 122 cm³/mol. The maximum atomic E-state index is 12.6. The Kier molecular flexibility index (Phi) is 7.98. The number of carbonyl (C=O) groups excluding carboxylic acids is 1. The molecule has 1 unspecified atom stereocenters. The SMILES string of the molecule is CCP(=S)(Oc1ccc(-c2ccccc2)cc1)N(C(=O)OCC(N)=S)C(C)C. The Bertz CT molecular complexity index is 858. The second-order valence-electron chi connectivity index (χ2n) is 6.39. The summed E-state index contributed by atoms with van der Waals surface area (Å²) in [5.41, 5.74) is 7.63. The summed E-state index contributed by atoms with van der Waals surface area (Å²) in [6, 6.07) is 17.6. The second kappa shape index (κ2) is 10.0. The van der Waals surface area contributed by atoms with Crippen molar-refractivity contribution in [2.75, 3.05) is 12.8 Å². The Morgan fingerprint density at radius 3 is 2.18 bits per heavy atom. The Labute approximate surface area is 177 Å². The highest BCUT2D eigenvalue weighted by Crippen LogP contribution is 2.52. The first-order valence-electron chi connectivity index (χ1n) is 8.95. The second-order valence-corrected chi connectivity index (χ2v) is 11.2. The maximum Gasteiger partial charge on any atom is 0.416 e. The first kappa shape index (κ1) is 22.3. The molecule has 2 rings (SSSR count). The smallest absolute Gasteiger partial charge is 0.416 e. The van der Waals surface area contributed by atoms with E-state index in [-0.39, 0.29) is 17.6 Å². The summed E-state index contributed by atoms with van der Waals surface area (Å²) < 4.78 is 12.9. The number of hydrogen-bond donors (Lipinski definition) is 1. The maximum absolute atomic E-state index is 12.6. The normalized spacial score (nSPS) is 12.9. The lowest BCUT2D eigenvalue weighted by Gasteiger charge is -2.36. The zero-order chi connectivity index (χ0) is 20.7. The van der Waals surface area contributed by atoms with Gasteiger partial charge in [-0.05, 0) is 48.9 Å². The lowest BCUT2D eigenvalue weighted by Crippen LogP contribution is -2.38. The fraction of sp³-hybridized carbons (Fsp3) is 0.300. The van der Waals surface area contributed by atoms with E-state index in [0.29, 0.717) is 11.9 Å². The standard InChI is InChI=1S/C20H25N2O3PS2/c1-4-26(28,22(15(2)3)20(23)24-14-19(21)27)25-18-12-10-17(11-13-18)16-8-6-5-7-9-16/h5-13,15H,4,14H2,1-3H3,(H2,21,27). The lowest BCUT2D eigenvalue weighted by atomic mass is 10.1. The van der Waals surface area contributed by atoms with Gasteiger partial charge in [0.25, 0.3) is 0 Å². The van der Waals surface area contributed by atoms with Gasteiger partial charge in [-0.25, -0.2) is 9.46 Å². The molecule has 150 valence electrons. The number of rotatable bonds is 8. The Balaban J connectivity index is 2.22. The molecule has 1 amide bonds. The van der Waals surface area contributed by atoms with Crippen LogP contribution in [0.4, 0.5) is 4.79 Å². The van der Waals surface area contributed by atoms with E-state index < -0.39 is 12.5 Å². The zero-order valence-electron chi connectivity index (χ0n) is 16.2. The molecule has 0 aromatic heterocycles. The molecule has 0 spiro atoms. The monoisotopic (exact) mass is 436 g/mol. The van der Waals surface area contributed by atoms with Crippen LogP contribution in [0.15, 0.2) is 54.6 Å². The molecule has 0 fully saturated rings. The molecular weight excluding hydrogens is 411 g/mol. The van der Waals surface area contributed by atoms with Crippen molar-refractivity contribution in [1.82, 2.24) is 4.67 Å². The van der Waals surface area contributed by atoms with Crippen molar-refractivity contribution in [3.63, 3.8) is 0 Å². The fourth-order valence-corrected chi connectivity index (χ4v) is 5.72. The zero-order valence-corrected chi connectivity index (χ0v) is 18.7. The van der Waals surface area contributed by atoms with E-state index >= 15 is 0 Å². The van der Waals surface area contributed by atoms with Crippen molar-refractivity contribution < 1.29 is 14.1 Å². The number of thiocarbonyl (C=S) groups is 1. The van der Waals surface area contributed by atoms with Gasteiger partial charge in [0.2, 0.25) is 6.42 Å². The minimum Gasteiger partial charge on any atom is -0.448 e. The van der Waals surface area contributed by atoms with Crippen LogP contribution < -0.4 is 10.3 Å². The van der Waals surface area contributed by atoms with Crippen LogP contribution in [0.5, 0.6) is 5.75 Å². The average Bonchev–Trinajstić information content (AvgIpc) is 2.67. The summed E-state index contributed by atoms with van der Waals surface area (Å²) in [6.07, 6.45) is -2.74. The van der Waals surface area contributed by atoms with Gasteiger partial charge in [0.1, 0.15) is 17.3 Å². The number of carbonyl (C=O) groups is 1. The van der Waals surface area contributed by atoms with Crippen LogP contribution in [0, 0.1) is 0 Å². The summed E-state index contributed by atoms with van der Waals surface area (Å²) in [5, 5.41) is 0. The van der Waals surface area contributed by atoms with Crippen molar-refractivity contribution in [2.24, 2.45) is 5.73 Å². The van der Waals surface area contributed by atoms with E-state index in [1.165, 1.54) is 4.67 Å². The molecule has 2 aromatic rings. The van der Waals surface area contributed by atoms with Crippen molar-refractivity contribution in [2.45, 2.75) is 26.8 Å². The molecule has 1 atom stereocenters. The summed E-state index contributed by atoms with van der Waals surface area (Å²) in [5.74, 6) is 0.623. The topological polar surface area (TPSA) is 64.8 Å². The summed E-state index contributed by atoms with van der Waals surface area (Å²) in [4.78, 5) is 12.7. The molecule has 28 heavy (non-hydrogen) atoms. The number of nitrogens with two attached hydrogens (primary N) is 1. The van der Waals surface area contributed by atoms with Crippen LogP contribution in [0.1, 0.15) is 20.8 Å². The highest BCUT2D eigenvalue weighted by atomic mass is 32.4. The number of benzene rings is 2. The molecule has 2 aromatic carbocycles. The molecule has 0 saturated carbocycles. The van der Waals surface area contributed by atoms with Crippen LogP contribution >= 0.6 is 18.6 Å². The van der Waals surface area contributed by atoms with Gasteiger partial charge in [-0.1, -0.05) is 61.6 Å². The van der Waals surface area contributed by atoms with E-state index in [1.54, 1.807) is 0 Å². The summed E-state index contributed by atoms with van der Waals surface area (Å²) in [6.45, 7) is 5.54. The fourth-order valence-electron chi connectivity index (χ4n) is 2.65. The molecule has 0 aliphatic rings. The highest BCUT2D eigenvalue weighted by Gasteiger charge is 2.34. The van der Waals surface area contributed by atoms with Gasteiger partial charge >= 0.3 is 6.09 Å². The van der Waals surface area contributed by atoms with Gasteiger partial charge in [-0.15, -0.1) is 0 Å². The summed E-state index contributed by atoms with van der Waals surface area (Å²) >= 11 is 10.6. The van der Waals surface area contributed by atoms with Gasteiger partial charge in [0.05, 0.1) is 0 Å². The van der Waals surface area contributed by atoms with Gasteiger partial charge in [0.15, 0.2) is 0 Å². The Hall–Kier alpha value is -1.95. The first-order chi connectivity index (χ1) is 13.3. The van der Waals surface area contributed by atoms with Crippen molar-refractivity contribution >= 4 is 41.5 Å². The Morgan fingerprint density at radius 1 is 1.11 bits per heavy atom. The van der Waals surface area contributed by atoms with Crippen molar-refractivity contribution in [3.8, 4) is 16.9 Å². The third-order valence-corrected chi connectivity index (χ3v) is 8.17. The molecule has 0 bridgehead atoms. The molecule has 0 heterocycles. The summed E-state index contributed by atoms with van der Waals surface area (Å²) in [7, 11) is 0. The molecule has 2 N–H and O–H groups in total. The molecule has 0 saturated heterocycles. The Morgan fingerprint density at radius 2 is 1.68 bits per heavy atom. The van der Waals surface area contributed by atoms with Crippen LogP contribution in [0.3, 0.4) is 0 Å². The van der Waals surface area contributed by atoms with Gasteiger partial charge < -0.3 is 15.0 Å². The number of amides is 1. The molecule has 0 radical (unpaired) electrons. The van der Waals surface area contributed by atoms with Crippen LogP contribution in [-0.4, -0.2) is 34.6 Å². The van der Waals surface area contributed by atoms with Crippen molar-refractivity contribution in [3.05, 3.63) is 54.6 Å². The minimum absolute atomic E-state index is 0.110. The molecule has 5 nitrogen and oxygen atoms in total. The van der Waals surface area contributed by atoms with Crippen LogP contribution in [0.25, 0.3) is 11.1 Å². The number of hydrogen-bond acceptors (Lipinski definition) is 5. The largest absolute Gasteiger partial charge is 0.448 e. The molecular formula is C20H25N2O3PS2. The minimum atomic E-state index is -2.68. The van der Waals surface area contributed by atoms with Gasteiger partial charge in [-0.2, -0.15) is 0 Å². The van der Waals surface area contributed by atoms with E-state index in [1.807, 2.05) is 75.4 Å². The molecule has 0 aliphatic carbocycles. The highest BCUT2D eigenvalue weighted by molar-refractivity contribution is 8.11. The van der Waals surface area contributed by atoms with Crippen molar-refractivity contribution in [1.29, 1.82) is 0 Å². The quantitative estimate of drug-likeness (QED) is 0.454. The lowest BCUT2D eigenvalue weighted by molar-refractivity contribution is 0.133. The van der Waals surface area contributed by atoms with Gasteiger partial charge in [0, 0.05) is 12.2 Å². The first-order valence-corrected chi connectivity index (χ1v) is 12.2. The average molecular weight is 437 g/mol. The van der Waals surface area contributed by atoms with Crippen LogP contribution in [0.2, 0.25) is 0 Å². The number of ether oxygens (including phenoxy) is 1. The van der Waals surface area contributed by atoms with E-state index in [0.717, 1.165) is 11.1 Å². The third-order valence-electron chi connectivity index (χ3n) is 3.95. The van der Waals surface area contributed by atoms with E-state index in [4.69, 9.17) is 39.0 Å². The molecule has 0 aliphatic heterocycles.